The first kappa shape index (κ1) is 16.2. The monoisotopic (exact) mass is 296 g/mol. The maximum atomic E-state index is 11.3. The molecule has 1 heterocycles. The van der Waals surface area contributed by atoms with E-state index < -0.39 is 0 Å². The second kappa shape index (κ2) is 8.31. The number of hydrogen-bond donors (Lipinski definition) is 3. The number of anilines is 3. The number of carbonyl (C=O) groups excluding carboxylic acids is 1. The number of ether oxygens (including phenoxy) is 1. The van der Waals surface area contributed by atoms with E-state index in [-0.39, 0.29) is 5.97 Å². The lowest BCUT2D eigenvalue weighted by atomic mass is 10.3. The molecule has 0 fully saturated rings. The summed E-state index contributed by atoms with van der Waals surface area (Å²) in [7, 11) is 1.75. The van der Waals surface area contributed by atoms with Crippen LogP contribution in [0.3, 0.4) is 0 Å². The summed E-state index contributed by atoms with van der Waals surface area (Å²) in [5.41, 5.74) is 6.58. The zero-order valence-electron chi connectivity index (χ0n) is 11.7. The zero-order valence-corrected chi connectivity index (χ0v) is 12.5. The lowest BCUT2D eigenvalue weighted by Crippen LogP contribution is -2.06. The molecule has 0 radical (unpaired) electrons. The Morgan fingerprint density at radius 1 is 1.65 bits per heavy atom. The van der Waals surface area contributed by atoms with Crippen molar-refractivity contribution in [2.45, 2.75) is 18.2 Å². The summed E-state index contributed by atoms with van der Waals surface area (Å²) in [6, 6.07) is 1.83. The Morgan fingerprint density at radius 2 is 2.40 bits per heavy atom. The molecule has 6 nitrogen and oxygen atoms in total. The van der Waals surface area contributed by atoms with Crippen molar-refractivity contribution in [1.29, 1.82) is 0 Å². The number of hydrogen-bond acceptors (Lipinski definition) is 7. The number of nitrogens with one attached hydrogen (secondary N) is 2. The minimum atomic E-state index is -0.203. The predicted octanol–water partition coefficient (Wildman–Crippen LogP) is 2.31. The average molecular weight is 296 g/mol. The number of nitrogen functional groups attached to an aromatic ring is 1. The predicted molar refractivity (Wildman–Crippen MR) is 84.0 cm³/mol. The van der Waals surface area contributed by atoms with Crippen molar-refractivity contribution >= 4 is 35.1 Å². The molecule has 7 heteroatoms. The molecule has 0 bridgehead atoms. The van der Waals surface area contributed by atoms with Crippen molar-refractivity contribution in [2.24, 2.45) is 0 Å². The molecule has 0 amide bonds. The first-order valence-corrected chi connectivity index (χ1v) is 7.25. The van der Waals surface area contributed by atoms with Gasteiger partial charge in [-0.2, -0.15) is 0 Å². The van der Waals surface area contributed by atoms with Gasteiger partial charge in [0.25, 0.3) is 0 Å². The van der Waals surface area contributed by atoms with Gasteiger partial charge in [-0.3, -0.25) is 4.79 Å². The Morgan fingerprint density at radius 3 is 3.00 bits per heavy atom. The maximum absolute atomic E-state index is 11.3. The molecule has 0 aliphatic rings. The Balaban J connectivity index is 2.74. The molecule has 4 N–H and O–H groups in total. The van der Waals surface area contributed by atoms with Crippen LogP contribution in [-0.4, -0.2) is 30.4 Å². The van der Waals surface area contributed by atoms with Crippen molar-refractivity contribution in [3.63, 3.8) is 0 Å². The summed E-state index contributed by atoms with van der Waals surface area (Å²) >= 11 is 1.49. The molecule has 0 unspecified atom stereocenters. The minimum absolute atomic E-state index is 0.203. The normalized spacial score (nSPS) is 9.90. The van der Waals surface area contributed by atoms with E-state index in [2.05, 4.69) is 22.2 Å². The molecule has 0 spiro atoms. The van der Waals surface area contributed by atoms with Crippen LogP contribution in [0.4, 0.5) is 17.3 Å². The molecule has 0 aliphatic heterocycles. The third kappa shape index (κ3) is 4.65. The molecule has 110 valence electrons. The molecule has 1 aromatic heterocycles. The van der Waals surface area contributed by atoms with Crippen LogP contribution in [0, 0.1) is 0 Å². The number of nitrogens with zero attached hydrogens (tertiary/aromatic N) is 1. The molecule has 0 saturated heterocycles. The lowest BCUT2D eigenvalue weighted by Gasteiger charge is -2.12. The van der Waals surface area contributed by atoms with Gasteiger partial charge >= 0.3 is 5.97 Å². The highest BCUT2D eigenvalue weighted by Gasteiger charge is 2.10. The first-order valence-electron chi connectivity index (χ1n) is 6.26. The highest BCUT2D eigenvalue weighted by Crippen LogP contribution is 2.32. The largest absolute Gasteiger partial charge is 0.466 e. The van der Waals surface area contributed by atoms with Crippen LogP contribution in [0.5, 0.6) is 0 Å². The highest BCUT2D eigenvalue weighted by atomic mass is 32.2. The number of thioether (sulfide) groups is 1. The third-order valence-corrected chi connectivity index (χ3v) is 3.43. The van der Waals surface area contributed by atoms with Gasteiger partial charge in [0.15, 0.2) is 5.82 Å². The van der Waals surface area contributed by atoms with E-state index in [0.29, 0.717) is 36.1 Å². The topological polar surface area (TPSA) is 89.3 Å². The van der Waals surface area contributed by atoms with Gasteiger partial charge in [0, 0.05) is 17.7 Å². The lowest BCUT2D eigenvalue weighted by molar-refractivity contribution is -0.142. The second-order valence-corrected chi connectivity index (χ2v) is 4.91. The zero-order chi connectivity index (χ0) is 15.0. The first-order chi connectivity index (χ1) is 9.62. The molecular weight excluding hydrogens is 276 g/mol. The van der Waals surface area contributed by atoms with Crippen LogP contribution in [0.25, 0.3) is 0 Å². The number of aromatic nitrogens is 1. The van der Waals surface area contributed by atoms with Gasteiger partial charge in [0.2, 0.25) is 0 Å². The van der Waals surface area contributed by atoms with Crippen molar-refractivity contribution in [1.82, 2.24) is 4.98 Å². The Kier molecular flexibility index (Phi) is 6.72. The Labute approximate surface area is 123 Å². The summed E-state index contributed by atoms with van der Waals surface area (Å²) < 4.78 is 4.88. The Bertz CT molecular complexity index is 480. The van der Waals surface area contributed by atoms with Gasteiger partial charge in [0.1, 0.15) is 5.82 Å². The van der Waals surface area contributed by atoms with E-state index in [1.165, 1.54) is 11.8 Å². The maximum Gasteiger partial charge on any atom is 0.306 e. The van der Waals surface area contributed by atoms with Crippen LogP contribution < -0.4 is 16.4 Å². The third-order valence-electron chi connectivity index (χ3n) is 2.38. The number of rotatable bonds is 8. The molecule has 20 heavy (non-hydrogen) atoms. The van der Waals surface area contributed by atoms with Crippen LogP contribution >= 0.6 is 11.8 Å². The summed E-state index contributed by atoms with van der Waals surface area (Å²) in [4.78, 5) is 16.4. The van der Waals surface area contributed by atoms with Crippen molar-refractivity contribution in [3.8, 4) is 0 Å². The van der Waals surface area contributed by atoms with Gasteiger partial charge in [-0.1, -0.05) is 6.58 Å². The fraction of sp³-hybridized carbons (Fsp3) is 0.385. The molecule has 0 saturated carbocycles. The molecule has 0 aromatic carbocycles. The van der Waals surface area contributed by atoms with E-state index in [1.54, 1.807) is 20.2 Å². The fourth-order valence-corrected chi connectivity index (χ4v) is 2.43. The molecule has 1 rings (SSSR count). The van der Waals surface area contributed by atoms with Crippen LogP contribution in [0.2, 0.25) is 0 Å². The summed E-state index contributed by atoms with van der Waals surface area (Å²) in [5, 5.41) is 5.86. The van der Waals surface area contributed by atoms with Gasteiger partial charge in [-0.15, -0.1) is 11.8 Å². The fourth-order valence-electron chi connectivity index (χ4n) is 1.50. The summed E-state index contributed by atoms with van der Waals surface area (Å²) in [5.74, 6) is 1.64. The van der Waals surface area contributed by atoms with Crippen LogP contribution in [0.1, 0.15) is 13.3 Å². The highest BCUT2D eigenvalue weighted by molar-refractivity contribution is 7.99. The quantitative estimate of drug-likeness (QED) is 0.501. The Hall–Kier alpha value is -1.89. The van der Waals surface area contributed by atoms with Crippen molar-refractivity contribution < 1.29 is 9.53 Å². The van der Waals surface area contributed by atoms with E-state index in [4.69, 9.17) is 10.5 Å². The number of esters is 1. The van der Waals surface area contributed by atoms with Crippen LogP contribution in [0.15, 0.2) is 23.7 Å². The van der Waals surface area contributed by atoms with Crippen LogP contribution in [-0.2, 0) is 9.53 Å². The molecule has 0 atom stereocenters. The standard InChI is InChI=1S/C13H20N4O2S/c1-4-16-10-8-9(12(14)13(15-3)17-10)20-7-6-11(18)19-5-2/h4,8H,1,5-7,14H2,2-3H3,(H2,15,16,17). The second-order valence-electron chi connectivity index (χ2n) is 3.77. The number of pyridine rings is 1. The van der Waals surface area contributed by atoms with Gasteiger partial charge < -0.3 is 21.1 Å². The van der Waals surface area contributed by atoms with Gasteiger partial charge in [-0.05, 0) is 19.2 Å². The molecule has 1 aromatic rings. The van der Waals surface area contributed by atoms with E-state index >= 15 is 0 Å². The van der Waals surface area contributed by atoms with Crippen molar-refractivity contribution in [3.05, 3.63) is 18.8 Å². The number of carbonyl (C=O) groups is 1. The summed E-state index contributed by atoms with van der Waals surface area (Å²) in [6.07, 6.45) is 1.89. The van der Waals surface area contributed by atoms with Crippen molar-refractivity contribution in [2.75, 3.05) is 35.8 Å². The summed E-state index contributed by atoms with van der Waals surface area (Å²) in [6.45, 7) is 5.79. The van der Waals surface area contributed by atoms with E-state index in [1.807, 2.05) is 6.07 Å². The minimum Gasteiger partial charge on any atom is -0.466 e. The smallest absolute Gasteiger partial charge is 0.306 e. The molecular formula is C13H20N4O2S. The van der Waals surface area contributed by atoms with E-state index in [0.717, 1.165) is 4.90 Å². The van der Waals surface area contributed by atoms with Gasteiger partial charge in [0.05, 0.1) is 18.7 Å². The van der Waals surface area contributed by atoms with E-state index in [9.17, 15) is 4.79 Å². The molecule has 0 aliphatic carbocycles. The average Bonchev–Trinajstić information content (AvgIpc) is 2.42. The number of nitrogens with two attached hydrogens (primary N) is 1. The van der Waals surface area contributed by atoms with Gasteiger partial charge in [-0.25, -0.2) is 4.98 Å². The SMILES string of the molecule is C=CNc1cc(SCCC(=O)OCC)c(N)c(NC)n1.